The molecule has 1 unspecified atom stereocenters. The molecule has 6 heteroatoms. The van der Waals surface area contributed by atoms with Crippen molar-refractivity contribution in [3.05, 3.63) is 0 Å². The Morgan fingerprint density at radius 3 is 2.85 bits per heavy atom. The highest BCUT2D eigenvalue weighted by Gasteiger charge is 2.27. The lowest BCUT2D eigenvalue weighted by Crippen LogP contribution is -2.43. The van der Waals surface area contributed by atoms with Crippen molar-refractivity contribution in [2.75, 3.05) is 13.1 Å². The van der Waals surface area contributed by atoms with Crippen molar-refractivity contribution in [3.63, 3.8) is 0 Å². The lowest BCUT2D eigenvalue weighted by atomic mass is 10.2. The summed E-state index contributed by atoms with van der Waals surface area (Å²) in [5.74, 6) is -0.350. The molecule has 0 bridgehead atoms. The Balaban J connectivity index is 2.25. The summed E-state index contributed by atoms with van der Waals surface area (Å²) in [4.78, 5) is 8.15. The molecule has 1 heterocycles. The van der Waals surface area contributed by atoms with Crippen LogP contribution in [0.25, 0.3) is 0 Å². The van der Waals surface area contributed by atoms with E-state index in [-0.39, 0.29) is 11.9 Å². The number of alkyl halides is 3. The monoisotopic (exact) mass is 256 g/mol. The summed E-state index contributed by atoms with van der Waals surface area (Å²) >= 11 is 2.15. The average molecular weight is 257 g/mol. The van der Waals surface area contributed by atoms with Gasteiger partial charge in [-0.1, -0.05) is 0 Å². The van der Waals surface area contributed by atoms with Crippen LogP contribution in [0.4, 0.5) is 8.78 Å². The zero-order valence-electron chi connectivity index (χ0n) is 6.95. The highest BCUT2D eigenvalue weighted by Crippen LogP contribution is 2.19. The van der Waals surface area contributed by atoms with Crippen LogP contribution in [0.3, 0.4) is 0 Å². The summed E-state index contributed by atoms with van der Waals surface area (Å²) in [6.45, 7) is 0.118. The second kappa shape index (κ2) is 4.32. The van der Waals surface area contributed by atoms with Crippen LogP contribution in [0.5, 0.6) is 0 Å². The van der Waals surface area contributed by atoms with E-state index in [0.717, 1.165) is 19.4 Å². The molecule has 0 aromatic carbocycles. The highest BCUT2D eigenvalue weighted by molar-refractivity contribution is 9.10. The van der Waals surface area contributed by atoms with Crippen molar-refractivity contribution in [2.45, 2.75) is 23.7 Å². The Kier molecular flexibility index (Phi) is 3.61. The van der Waals surface area contributed by atoms with E-state index in [1.165, 1.54) is 0 Å². The maximum Gasteiger partial charge on any atom is 0.318 e. The molecule has 13 heavy (non-hydrogen) atoms. The van der Waals surface area contributed by atoms with E-state index in [1.807, 2.05) is 0 Å². The first-order chi connectivity index (χ1) is 5.99. The predicted octanol–water partition coefficient (Wildman–Crippen LogP) is 0.842. The van der Waals surface area contributed by atoms with E-state index >= 15 is 0 Å². The first-order valence-corrected chi connectivity index (χ1v) is 4.86. The van der Waals surface area contributed by atoms with E-state index in [2.05, 4.69) is 26.6 Å². The van der Waals surface area contributed by atoms with Crippen LogP contribution in [-0.4, -0.2) is 29.9 Å². The van der Waals surface area contributed by atoms with Crippen LogP contribution < -0.4 is 10.6 Å². The Labute approximate surface area is 83.4 Å². The first-order valence-electron chi connectivity index (χ1n) is 4.07. The number of amides is 1. The molecule has 1 fully saturated rings. The van der Waals surface area contributed by atoms with E-state index in [4.69, 9.17) is 0 Å². The van der Waals surface area contributed by atoms with Crippen LogP contribution in [-0.2, 0) is 4.79 Å². The summed E-state index contributed by atoms with van der Waals surface area (Å²) in [7, 11) is 0. The summed E-state index contributed by atoms with van der Waals surface area (Å²) < 4.78 is 24.5. The van der Waals surface area contributed by atoms with Gasteiger partial charge in [0.1, 0.15) is 0 Å². The topological polar surface area (TPSA) is 41.1 Å². The Morgan fingerprint density at radius 2 is 2.38 bits per heavy atom. The second-order valence-corrected chi connectivity index (χ2v) is 4.14. The molecule has 0 radical (unpaired) electrons. The van der Waals surface area contributed by atoms with Gasteiger partial charge < -0.3 is 10.6 Å². The Bertz CT molecular complexity index is 189. The van der Waals surface area contributed by atoms with Crippen LogP contribution in [0.15, 0.2) is 0 Å². The van der Waals surface area contributed by atoms with Gasteiger partial charge in [0.05, 0.1) is 12.6 Å². The summed E-state index contributed by atoms with van der Waals surface area (Å²) in [6, 6.07) is -0.296. The van der Waals surface area contributed by atoms with Gasteiger partial charge in [0.15, 0.2) is 0 Å². The summed E-state index contributed by atoms with van der Waals surface area (Å²) in [5, 5.41) is 5.09. The lowest BCUT2D eigenvalue weighted by Gasteiger charge is -2.13. The third-order valence-electron chi connectivity index (χ3n) is 1.84. The van der Waals surface area contributed by atoms with Crippen molar-refractivity contribution in [1.82, 2.24) is 10.6 Å². The van der Waals surface area contributed by atoms with Crippen LogP contribution in [0.2, 0.25) is 0 Å². The van der Waals surface area contributed by atoms with Gasteiger partial charge in [0.25, 0.3) is 0 Å². The maximum absolute atomic E-state index is 12.3. The number of halogens is 3. The van der Waals surface area contributed by atoms with Crippen molar-refractivity contribution in [1.29, 1.82) is 0 Å². The molecule has 0 aromatic rings. The molecule has 3 nitrogen and oxygen atoms in total. The third kappa shape index (κ3) is 3.99. The van der Waals surface area contributed by atoms with Crippen LogP contribution in [0, 0.1) is 0 Å². The number of carbonyl (C=O) groups is 1. The molecule has 1 atom stereocenters. The first kappa shape index (κ1) is 10.8. The number of hydrogen-bond acceptors (Lipinski definition) is 2. The Hall–Kier alpha value is -0.230. The van der Waals surface area contributed by atoms with Gasteiger partial charge in [-0.2, -0.15) is 8.78 Å². The van der Waals surface area contributed by atoms with E-state index in [1.54, 1.807) is 0 Å². The van der Waals surface area contributed by atoms with E-state index in [9.17, 15) is 13.6 Å². The van der Waals surface area contributed by atoms with Gasteiger partial charge in [0.2, 0.25) is 5.91 Å². The van der Waals surface area contributed by atoms with Gasteiger partial charge in [-0.15, -0.1) is 0 Å². The molecule has 1 saturated heterocycles. The molecule has 0 saturated carbocycles. The fourth-order valence-corrected chi connectivity index (χ4v) is 1.36. The van der Waals surface area contributed by atoms with Gasteiger partial charge in [0, 0.05) is 0 Å². The highest BCUT2D eigenvalue weighted by atomic mass is 79.9. The molecule has 76 valence electrons. The van der Waals surface area contributed by atoms with Crippen molar-refractivity contribution in [3.8, 4) is 0 Å². The number of nitrogens with one attached hydrogen (secondary N) is 2. The molecule has 0 aromatic heterocycles. The van der Waals surface area contributed by atoms with E-state index < -0.39 is 11.4 Å². The molecule has 0 spiro atoms. The molecule has 1 rings (SSSR count). The number of carbonyl (C=O) groups excluding carboxylic acids is 1. The van der Waals surface area contributed by atoms with Gasteiger partial charge >= 0.3 is 4.83 Å². The third-order valence-corrected chi connectivity index (χ3v) is 2.12. The molecule has 1 aliphatic rings. The summed E-state index contributed by atoms with van der Waals surface area (Å²) in [6.07, 6.45) is 1.64. The average Bonchev–Trinajstić information content (AvgIpc) is 2.50. The zero-order chi connectivity index (χ0) is 9.90. The van der Waals surface area contributed by atoms with Crippen LogP contribution >= 0.6 is 15.9 Å². The quantitative estimate of drug-likeness (QED) is 0.736. The normalized spacial score (nSPS) is 23.2. The SMILES string of the molecule is O=C(NCC(F)(F)Br)C1CCCN1. The van der Waals surface area contributed by atoms with Crippen molar-refractivity contribution in [2.24, 2.45) is 0 Å². The van der Waals surface area contributed by atoms with Crippen LogP contribution in [0.1, 0.15) is 12.8 Å². The zero-order valence-corrected chi connectivity index (χ0v) is 8.53. The maximum atomic E-state index is 12.3. The minimum absolute atomic E-state index is 0.296. The molecule has 0 aliphatic carbocycles. The summed E-state index contributed by atoms with van der Waals surface area (Å²) in [5.41, 5.74) is 0. The van der Waals surface area contributed by atoms with Gasteiger partial charge in [-0.3, -0.25) is 4.79 Å². The fraction of sp³-hybridized carbons (Fsp3) is 0.857. The molecule has 1 aliphatic heterocycles. The molecular weight excluding hydrogens is 246 g/mol. The lowest BCUT2D eigenvalue weighted by molar-refractivity contribution is -0.123. The molecular formula is C7H11BrF2N2O. The largest absolute Gasteiger partial charge is 0.348 e. The smallest absolute Gasteiger partial charge is 0.318 e. The Morgan fingerprint density at radius 1 is 1.69 bits per heavy atom. The molecule has 1 amide bonds. The van der Waals surface area contributed by atoms with Gasteiger partial charge in [-0.05, 0) is 35.3 Å². The molecule has 2 N–H and O–H groups in total. The fourth-order valence-electron chi connectivity index (χ4n) is 1.22. The van der Waals surface area contributed by atoms with Crippen molar-refractivity contribution >= 4 is 21.8 Å². The van der Waals surface area contributed by atoms with E-state index in [0.29, 0.717) is 0 Å². The van der Waals surface area contributed by atoms with Crippen molar-refractivity contribution < 1.29 is 13.6 Å². The number of hydrogen-bond donors (Lipinski definition) is 2. The predicted molar refractivity (Wildman–Crippen MR) is 47.9 cm³/mol. The minimum Gasteiger partial charge on any atom is -0.348 e. The minimum atomic E-state index is -3.01. The second-order valence-electron chi connectivity index (χ2n) is 2.98. The standard InChI is InChI=1S/C7H11BrF2N2O/c8-7(9,10)4-12-6(13)5-2-1-3-11-5/h5,11H,1-4H2,(H,12,13). The number of rotatable bonds is 3. The van der Waals surface area contributed by atoms with Gasteiger partial charge in [-0.25, -0.2) is 0 Å².